The van der Waals surface area contributed by atoms with Crippen LogP contribution in [0.4, 0.5) is 0 Å². The minimum Gasteiger partial charge on any atom is -0.303 e. The van der Waals surface area contributed by atoms with Crippen LogP contribution in [0.1, 0.15) is 58.8 Å². The maximum absolute atomic E-state index is 10.7. The summed E-state index contributed by atoms with van der Waals surface area (Å²) in [6.45, 7) is 4.27. The lowest BCUT2D eigenvalue weighted by Gasteiger charge is -2.35. The fourth-order valence-corrected chi connectivity index (χ4v) is 2.39. The molecule has 0 N–H and O–H groups in total. The molecule has 1 fully saturated rings. The predicted molar refractivity (Wildman–Crippen MR) is 60.2 cm³/mol. The van der Waals surface area contributed by atoms with Gasteiger partial charge in [0.25, 0.3) is 0 Å². The molecule has 0 aliphatic heterocycles. The fourth-order valence-electron chi connectivity index (χ4n) is 2.39. The van der Waals surface area contributed by atoms with E-state index in [4.69, 9.17) is 0 Å². The first-order chi connectivity index (χ1) is 6.68. The van der Waals surface area contributed by atoms with Crippen LogP contribution in [0.5, 0.6) is 0 Å². The third kappa shape index (κ3) is 3.28. The zero-order chi connectivity index (χ0) is 10.4. The Morgan fingerprint density at radius 1 is 1.14 bits per heavy atom. The average Bonchev–Trinajstić information content (AvgIpc) is 2.17. The van der Waals surface area contributed by atoms with Gasteiger partial charge in [0.05, 0.1) is 0 Å². The molecule has 0 amide bonds. The molecule has 80 valence electrons. The molecule has 1 aliphatic carbocycles. The number of hydrogen-bond acceptors (Lipinski definition) is 1. The molecule has 1 nitrogen and oxygen atoms in total. The van der Waals surface area contributed by atoms with Crippen LogP contribution in [0.3, 0.4) is 0 Å². The number of carbonyl (C=O) groups excluding carboxylic acids is 1. The Labute approximate surface area is 87.6 Å². The maximum Gasteiger partial charge on any atom is 0.120 e. The van der Waals surface area contributed by atoms with Crippen LogP contribution in [0.15, 0.2) is 11.6 Å². The van der Waals surface area contributed by atoms with Gasteiger partial charge in [0.1, 0.15) is 6.29 Å². The number of hydrogen-bond donors (Lipinski definition) is 0. The van der Waals surface area contributed by atoms with Gasteiger partial charge in [0.2, 0.25) is 0 Å². The smallest absolute Gasteiger partial charge is 0.120 e. The normalized spacial score (nSPS) is 20.1. The van der Waals surface area contributed by atoms with Gasteiger partial charge in [-0.3, -0.25) is 0 Å². The predicted octanol–water partition coefficient (Wildman–Crippen LogP) is 3.88. The molecular formula is C13H22O. The Hall–Kier alpha value is -0.590. The van der Waals surface area contributed by atoms with Gasteiger partial charge in [-0.25, -0.2) is 0 Å². The second-order valence-electron chi connectivity index (χ2n) is 4.92. The van der Waals surface area contributed by atoms with Gasteiger partial charge in [0.15, 0.2) is 0 Å². The summed E-state index contributed by atoms with van der Waals surface area (Å²) in [6.07, 6.45) is 11.7. The molecule has 0 heterocycles. The van der Waals surface area contributed by atoms with Crippen molar-refractivity contribution in [3.63, 3.8) is 0 Å². The zero-order valence-electron chi connectivity index (χ0n) is 9.51. The van der Waals surface area contributed by atoms with E-state index in [1.807, 2.05) is 0 Å². The molecule has 0 radical (unpaired) electrons. The minimum absolute atomic E-state index is 0.317. The van der Waals surface area contributed by atoms with Gasteiger partial charge in [-0.2, -0.15) is 0 Å². The van der Waals surface area contributed by atoms with Gasteiger partial charge in [-0.1, -0.05) is 30.9 Å². The number of aldehydes is 1. The highest BCUT2D eigenvalue weighted by molar-refractivity contribution is 5.51. The van der Waals surface area contributed by atoms with Crippen molar-refractivity contribution in [2.45, 2.75) is 58.8 Å². The second-order valence-corrected chi connectivity index (χ2v) is 4.92. The fraction of sp³-hybridized carbons (Fsp3) is 0.769. The van der Waals surface area contributed by atoms with E-state index in [-0.39, 0.29) is 0 Å². The molecule has 0 aromatic carbocycles. The van der Waals surface area contributed by atoms with E-state index >= 15 is 0 Å². The Kier molecular flexibility index (Phi) is 4.37. The number of carbonyl (C=O) groups is 1. The molecule has 1 saturated carbocycles. The summed E-state index contributed by atoms with van der Waals surface area (Å²) in [6, 6.07) is 0. The first-order valence-electron chi connectivity index (χ1n) is 5.76. The van der Waals surface area contributed by atoms with Crippen molar-refractivity contribution in [1.29, 1.82) is 0 Å². The largest absolute Gasteiger partial charge is 0.303 e. The van der Waals surface area contributed by atoms with E-state index in [1.54, 1.807) is 0 Å². The number of allylic oxidation sites excluding steroid dienone is 2. The molecular weight excluding hydrogens is 172 g/mol. The molecule has 0 spiro atoms. The Morgan fingerprint density at radius 2 is 1.79 bits per heavy atom. The highest BCUT2D eigenvalue weighted by Gasteiger charge is 2.30. The molecule has 0 bridgehead atoms. The lowest BCUT2D eigenvalue weighted by atomic mass is 9.70. The van der Waals surface area contributed by atoms with E-state index in [0.717, 1.165) is 19.1 Å². The molecule has 0 aromatic heterocycles. The first-order valence-corrected chi connectivity index (χ1v) is 5.76. The summed E-state index contributed by atoms with van der Waals surface area (Å²) in [5.41, 5.74) is 1.69. The van der Waals surface area contributed by atoms with Crippen LogP contribution < -0.4 is 0 Å². The second kappa shape index (κ2) is 5.33. The van der Waals surface area contributed by atoms with Gasteiger partial charge < -0.3 is 4.79 Å². The Balaban J connectivity index is 2.59. The van der Waals surface area contributed by atoms with Crippen molar-refractivity contribution in [3.05, 3.63) is 11.6 Å². The molecule has 0 saturated heterocycles. The first kappa shape index (κ1) is 11.5. The summed E-state index contributed by atoms with van der Waals surface area (Å²) in [7, 11) is 0. The topological polar surface area (TPSA) is 17.1 Å². The summed E-state index contributed by atoms with van der Waals surface area (Å²) in [5, 5.41) is 0. The van der Waals surface area contributed by atoms with Crippen LogP contribution in [0, 0.1) is 5.41 Å². The highest BCUT2D eigenvalue weighted by atomic mass is 16.1. The van der Waals surface area contributed by atoms with Crippen molar-refractivity contribution in [2.75, 3.05) is 0 Å². The van der Waals surface area contributed by atoms with Crippen LogP contribution in [-0.4, -0.2) is 6.29 Å². The maximum atomic E-state index is 10.7. The molecule has 1 heteroatoms. The summed E-state index contributed by atoms with van der Waals surface area (Å²) < 4.78 is 0. The molecule has 1 rings (SSSR count). The van der Waals surface area contributed by atoms with Crippen molar-refractivity contribution in [2.24, 2.45) is 5.41 Å². The van der Waals surface area contributed by atoms with Crippen molar-refractivity contribution >= 4 is 6.29 Å². The van der Waals surface area contributed by atoms with Gasteiger partial charge in [0, 0.05) is 6.42 Å². The van der Waals surface area contributed by atoms with E-state index in [0.29, 0.717) is 5.41 Å². The molecule has 1 aliphatic rings. The summed E-state index contributed by atoms with van der Waals surface area (Å²) in [5.74, 6) is 0. The Morgan fingerprint density at radius 3 is 2.29 bits per heavy atom. The van der Waals surface area contributed by atoms with E-state index in [2.05, 4.69) is 19.9 Å². The summed E-state index contributed by atoms with van der Waals surface area (Å²) >= 11 is 0. The highest BCUT2D eigenvalue weighted by Crippen LogP contribution is 2.42. The standard InChI is InChI=1S/C13H22O/c1-12(2)6-9-13(10-11-14)7-4-3-5-8-13/h6,11H,3-5,7-10H2,1-2H3. The third-order valence-corrected chi connectivity index (χ3v) is 3.37. The van der Waals surface area contributed by atoms with Crippen molar-refractivity contribution < 1.29 is 4.79 Å². The SMILES string of the molecule is CC(C)=CCC1(CC=O)CCCCC1. The van der Waals surface area contributed by atoms with Crippen LogP contribution in [0.25, 0.3) is 0 Å². The lowest BCUT2D eigenvalue weighted by molar-refractivity contribution is -0.110. The lowest BCUT2D eigenvalue weighted by Crippen LogP contribution is -2.24. The minimum atomic E-state index is 0.317. The van der Waals surface area contributed by atoms with Crippen LogP contribution in [0.2, 0.25) is 0 Å². The van der Waals surface area contributed by atoms with Gasteiger partial charge >= 0.3 is 0 Å². The number of rotatable bonds is 4. The molecule has 0 aromatic rings. The van der Waals surface area contributed by atoms with E-state index < -0.39 is 0 Å². The zero-order valence-corrected chi connectivity index (χ0v) is 9.51. The molecule has 14 heavy (non-hydrogen) atoms. The van der Waals surface area contributed by atoms with Gasteiger partial charge in [-0.15, -0.1) is 0 Å². The van der Waals surface area contributed by atoms with Crippen molar-refractivity contribution in [1.82, 2.24) is 0 Å². The van der Waals surface area contributed by atoms with Crippen LogP contribution >= 0.6 is 0 Å². The van der Waals surface area contributed by atoms with E-state index in [1.165, 1.54) is 37.7 Å². The quantitative estimate of drug-likeness (QED) is 0.490. The molecule has 0 atom stereocenters. The van der Waals surface area contributed by atoms with Crippen LogP contribution in [-0.2, 0) is 4.79 Å². The van der Waals surface area contributed by atoms with Gasteiger partial charge in [-0.05, 0) is 38.5 Å². The van der Waals surface area contributed by atoms with Crippen molar-refractivity contribution in [3.8, 4) is 0 Å². The third-order valence-electron chi connectivity index (χ3n) is 3.37. The molecule has 0 unspecified atom stereocenters. The Bertz CT molecular complexity index is 205. The summed E-state index contributed by atoms with van der Waals surface area (Å²) in [4.78, 5) is 10.7. The van der Waals surface area contributed by atoms with E-state index in [9.17, 15) is 4.79 Å². The average molecular weight is 194 g/mol. The monoisotopic (exact) mass is 194 g/mol.